The second-order valence-corrected chi connectivity index (χ2v) is 8.35. The molecule has 3 rings (SSSR count). The Morgan fingerprint density at radius 2 is 1.50 bits per heavy atom. The number of amides is 2. The molecule has 7 nitrogen and oxygen atoms in total. The van der Waals surface area contributed by atoms with Crippen LogP contribution >= 0.6 is 0 Å². The summed E-state index contributed by atoms with van der Waals surface area (Å²) in [6.45, 7) is 5.38. The molecule has 1 aliphatic carbocycles. The number of carbonyl (C=O) groups is 3. The minimum Gasteiger partial charge on any atom is -0.467 e. The first-order valence-electron chi connectivity index (χ1n) is 10.7. The van der Waals surface area contributed by atoms with Crippen LogP contribution in [-0.4, -0.2) is 55.7 Å². The van der Waals surface area contributed by atoms with Gasteiger partial charge in [-0.3, -0.25) is 4.79 Å². The van der Waals surface area contributed by atoms with Gasteiger partial charge in [-0.25, -0.2) is 9.59 Å². The van der Waals surface area contributed by atoms with Crippen molar-refractivity contribution >= 4 is 18.0 Å². The Morgan fingerprint density at radius 1 is 0.969 bits per heavy atom. The molecule has 2 aromatic carbocycles. The molecule has 0 saturated carbocycles. The van der Waals surface area contributed by atoms with Crippen LogP contribution < -0.4 is 5.32 Å². The number of nitrogens with zero attached hydrogens (tertiary/aromatic N) is 1. The monoisotopic (exact) mass is 438 g/mol. The molecule has 1 N–H and O–H groups in total. The van der Waals surface area contributed by atoms with Crippen molar-refractivity contribution in [3.8, 4) is 11.1 Å². The van der Waals surface area contributed by atoms with Gasteiger partial charge in [0, 0.05) is 13.0 Å². The average Bonchev–Trinajstić information content (AvgIpc) is 3.10. The van der Waals surface area contributed by atoms with Gasteiger partial charge in [-0.05, 0) is 35.1 Å². The standard InChI is InChI=1S/C25H30N2O5/c1-15(2)22(24(29)31-5)27(4)23(28)16(3)26-25(30)32-14-21-19-12-8-6-10-17(19)18-11-7-9-13-20(18)21/h6-13,15-16,21-22H,14H2,1-5H3,(H,26,30)/t16-,22-/m0/s1. The van der Waals surface area contributed by atoms with Gasteiger partial charge < -0.3 is 19.7 Å². The summed E-state index contributed by atoms with van der Waals surface area (Å²) in [4.78, 5) is 38.6. The zero-order valence-corrected chi connectivity index (χ0v) is 19.1. The van der Waals surface area contributed by atoms with Gasteiger partial charge in [-0.1, -0.05) is 62.4 Å². The van der Waals surface area contributed by atoms with Crippen LogP contribution in [0.5, 0.6) is 0 Å². The molecule has 1 aliphatic rings. The van der Waals surface area contributed by atoms with Crippen LogP contribution in [0.25, 0.3) is 11.1 Å². The number of fused-ring (bicyclic) bond motifs is 3. The van der Waals surface area contributed by atoms with Gasteiger partial charge in [0.15, 0.2) is 0 Å². The fourth-order valence-electron chi connectivity index (χ4n) is 4.32. The molecule has 0 aliphatic heterocycles. The van der Waals surface area contributed by atoms with Crippen LogP contribution in [0.2, 0.25) is 0 Å². The van der Waals surface area contributed by atoms with Crippen molar-refractivity contribution in [1.82, 2.24) is 10.2 Å². The molecule has 7 heteroatoms. The lowest BCUT2D eigenvalue weighted by molar-refractivity contribution is -0.154. The second kappa shape index (κ2) is 9.85. The highest BCUT2D eigenvalue weighted by atomic mass is 16.5. The van der Waals surface area contributed by atoms with E-state index in [2.05, 4.69) is 17.4 Å². The molecule has 0 spiro atoms. The molecule has 2 aromatic rings. The van der Waals surface area contributed by atoms with E-state index in [1.165, 1.54) is 19.1 Å². The number of carbonyl (C=O) groups excluding carboxylic acids is 3. The largest absolute Gasteiger partial charge is 0.467 e. The van der Waals surface area contributed by atoms with Crippen molar-refractivity contribution in [2.24, 2.45) is 5.92 Å². The summed E-state index contributed by atoms with van der Waals surface area (Å²) in [6.07, 6.45) is -0.680. The summed E-state index contributed by atoms with van der Waals surface area (Å²) in [5.74, 6) is -1.10. The number of benzene rings is 2. The Labute approximate surface area is 188 Å². The van der Waals surface area contributed by atoms with Crippen molar-refractivity contribution < 1.29 is 23.9 Å². The summed E-state index contributed by atoms with van der Waals surface area (Å²) < 4.78 is 10.3. The highest BCUT2D eigenvalue weighted by Crippen LogP contribution is 2.44. The quantitative estimate of drug-likeness (QED) is 0.668. The third-order valence-corrected chi connectivity index (χ3v) is 5.89. The number of likely N-dealkylation sites (N-methyl/N-ethyl adjacent to an activating group) is 1. The third kappa shape index (κ3) is 4.61. The maximum Gasteiger partial charge on any atom is 0.407 e. The van der Waals surface area contributed by atoms with Gasteiger partial charge in [-0.15, -0.1) is 0 Å². The molecule has 170 valence electrons. The Kier molecular flexibility index (Phi) is 7.18. The van der Waals surface area contributed by atoms with Gasteiger partial charge in [0.2, 0.25) is 5.91 Å². The molecule has 0 unspecified atom stereocenters. The van der Waals surface area contributed by atoms with Crippen molar-refractivity contribution in [2.75, 3.05) is 20.8 Å². The van der Waals surface area contributed by atoms with Gasteiger partial charge in [0.05, 0.1) is 7.11 Å². The molecule has 2 atom stereocenters. The summed E-state index contributed by atoms with van der Waals surface area (Å²) in [7, 11) is 2.81. The number of hydrogen-bond donors (Lipinski definition) is 1. The van der Waals surface area contributed by atoms with Crippen LogP contribution in [0.15, 0.2) is 48.5 Å². The zero-order valence-electron chi connectivity index (χ0n) is 19.1. The molecule has 0 saturated heterocycles. The Hall–Kier alpha value is -3.35. The first-order chi connectivity index (χ1) is 15.3. The van der Waals surface area contributed by atoms with E-state index in [1.807, 2.05) is 50.2 Å². The topological polar surface area (TPSA) is 84.9 Å². The van der Waals surface area contributed by atoms with E-state index in [0.29, 0.717) is 0 Å². The van der Waals surface area contributed by atoms with E-state index < -0.39 is 30.1 Å². The molecule has 0 bridgehead atoms. The lowest BCUT2D eigenvalue weighted by Gasteiger charge is -2.31. The number of methoxy groups -OCH3 is 1. The van der Waals surface area contributed by atoms with Crippen LogP contribution in [0, 0.1) is 5.92 Å². The Balaban J connectivity index is 1.63. The molecule has 32 heavy (non-hydrogen) atoms. The minimum atomic E-state index is -0.860. The van der Waals surface area contributed by atoms with Gasteiger partial charge in [0.1, 0.15) is 18.7 Å². The number of hydrogen-bond acceptors (Lipinski definition) is 5. The van der Waals surface area contributed by atoms with Crippen LogP contribution in [-0.2, 0) is 19.1 Å². The van der Waals surface area contributed by atoms with Crippen molar-refractivity contribution in [2.45, 2.75) is 38.8 Å². The molecular formula is C25H30N2O5. The fraction of sp³-hybridized carbons (Fsp3) is 0.400. The van der Waals surface area contributed by atoms with E-state index in [4.69, 9.17) is 9.47 Å². The first-order valence-corrected chi connectivity index (χ1v) is 10.7. The van der Waals surface area contributed by atoms with Crippen LogP contribution in [0.3, 0.4) is 0 Å². The number of nitrogens with one attached hydrogen (secondary N) is 1. The minimum absolute atomic E-state index is 0.0634. The molecule has 0 aromatic heterocycles. The summed E-state index contributed by atoms with van der Waals surface area (Å²) in [6, 6.07) is 14.6. The highest BCUT2D eigenvalue weighted by molar-refractivity contribution is 5.89. The molecule has 0 heterocycles. The second-order valence-electron chi connectivity index (χ2n) is 8.35. The van der Waals surface area contributed by atoms with Gasteiger partial charge >= 0.3 is 12.1 Å². The normalized spacial score (nSPS) is 14.2. The van der Waals surface area contributed by atoms with E-state index in [0.717, 1.165) is 22.3 Å². The number of esters is 1. The summed E-state index contributed by atoms with van der Waals surface area (Å²) >= 11 is 0. The molecular weight excluding hydrogens is 408 g/mol. The maximum absolute atomic E-state index is 12.8. The van der Waals surface area contributed by atoms with Gasteiger partial charge in [0.25, 0.3) is 0 Å². The van der Waals surface area contributed by atoms with E-state index in [9.17, 15) is 14.4 Å². The predicted molar refractivity (Wildman–Crippen MR) is 121 cm³/mol. The van der Waals surface area contributed by atoms with Gasteiger partial charge in [-0.2, -0.15) is 0 Å². The predicted octanol–water partition coefficient (Wildman–Crippen LogP) is 3.57. The van der Waals surface area contributed by atoms with Crippen molar-refractivity contribution in [3.05, 3.63) is 59.7 Å². The zero-order chi connectivity index (χ0) is 23.4. The smallest absolute Gasteiger partial charge is 0.407 e. The maximum atomic E-state index is 12.8. The van der Waals surface area contributed by atoms with Crippen LogP contribution in [0.4, 0.5) is 4.79 Å². The lowest BCUT2D eigenvalue weighted by Crippen LogP contribution is -2.53. The summed E-state index contributed by atoms with van der Waals surface area (Å²) in [5, 5.41) is 2.58. The SMILES string of the molecule is COC(=O)[C@H](C(C)C)N(C)C(=O)[C@H](C)NC(=O)OCC1c2ccccc2-c2ccccc21. The number of alkyl carbamates (subject to hydrolysis) is 1. The summed E-state index contributed by atoms with van der Waals surface area (Å²) in [5.41, 5.74) is 4.51. The Morgan fingerprint density at radius 3 is 2.00 bits per heavy atom. The molecule has 0 fully saturated rings. The van der Waals surface area contributed by atoms with Crippen molar-refractivity contribution in [3.63, 3.8) is 0 Å². The Bertz CT molecular complexity index is 958. The first kappa shape index (κ1) is 23.3. The fourth-order valence-corrected chi connectivity index (χ4v) is 4.32. The highest BCUT2D eigenvalue weighted by Gasteiger charge is 2.34. The third-order valence-electron chi connectivity index (χ3n) is 5.89. The van der Waals surface area contributed by atoms with E-state index in [1.54, 1.807) is 6.92 Å². The average molecular weight is 439 g/mol. The molecule has 2 amide bonds. The number of rotatable bonds is 7. The lowest BCUT2D eigenvalue weighted by atomic mass is 9.98. The van der Waals surface area contributed by atoms with Crippen molar-refractivity contribution in [1.29, 1.82) is 0 Å². The van der Waals surface area contributed by atoms with E-state index in [-0.39, 0.29) is 18.4 Å². The molecule has 0 radical (unpaired) electrons. The number of ether oxygens (including phenoxy) is 2. The van der Waals surface area contributed by atoms with E-state index >= 15 is 0 Å². The van der Waals surface area contributed by atoms with Crippen LogP contribution in [0.1, 0.15) is 37.8 Å².